The smallest absolute Gasteiger partial charge is 0.274 e. The quantitative estimate of drug-likeness (QED) is 0.240. The van der Waals surface area contributed by atoms with Crippen LogP contribution in [0.5, 0.6) is 11.5 Å². The number of carbonyl (C=O) groups excluding carboxylic acids is 1. The molecule has 0 unspecified atom stereocenters. The molecule has 0 saturated carbocycles. The van der Waals surface area contributed by atoms with Gasteiger partial charge in [0.15, 0.2) is 11.6 Å². The summed E-state index contributed by atoms with van der Waals surface area (Å²) in [5.74, 6) is 0.279. The number of aromatic nitrogens is 2. The predicted octanol–water partition coefficient (Wildman–Crippen LogP) is 5.01. The average Bonchev–Trinajstić information content (AvgIpc) is 2.83. The van der Waals surface area contributed by atoms with E-state index in [2.05, 4.69) is 20.6 Å². The highest BCUT2D eigenvalue weighted by Crippen LogP contribution is 2.25. The molecule has 0 radical (unpaired) electrons. The lowest BCUT2D eigenvalue weighted by Gasteiger charge is -2.10. The Morgan fingerprint density at radius 3 is 2.16 bits per heavy atom. The number of hydrogen-bond acceptors (Lipinski definition) is 7. The molecule has 0 aliphatic carbocycles. The molecule has 0 bridgehead atoms. The Labute approximate surface area is 182 Å². The Balaban J connectivity index is 1.44. The third kappa shape index (κ3) is 5.15. The maximum atomic E-state index is 14.2. The van der Waals surface area contributed by atoms with Crippen molar-refractivity contribution in [3.63, 3.8) is 0 Å². The normalized spacial score (nSPS) is 10.3. The van der Waals surface area contributed by atoms with Crippen LogP contribution in [0.3, 0.4) is 0 Å². The molecule has 8 nitrogen and oxygen atoms in total. The summed E-state index contributed by atoms with van der Waals surface area (Å²) in [7, 11) is 0. The molecule has 160 valence electrons. The number of benzene rings is 3. The van der Waals surface area contributed by atoms with E-state index in [0.29, 0.717) is 17.1 Å². The monoisotopic (exact) mass is 431 g/mol. The molecular formula is C23H18FN5O3. The zero-order chi connectivity index (χ0) is 22.3. The van der Waals surface area contributed by atoms with Crippen molar-refractivity contribution >= 4 is 29.0 Å². The number of carbonyl (C=O) groups is 1. The van der Waals surface area contributed by atoms with Gasteiger partial charge in [-0.25, -0.2) is 14.9 Å². The summed E-state index contributed by atoms with van der Waals surface area (Å²) in [4.78, 5) is 19.5. The summed E-state index contributed by atoms with van der Waals surface area (Å²) in [6, 6.07) is 22.7. The summed E-state index contributed by atoms with van der Waals surface area (Å²) in [6.45, 7) is 0. The number of hydrogen-bond donors (Lipinski definition) is 4. The van der Waals surface area contributed by atoms with Gasteiger partial charge in [0.25, 0.3) is 5.91 Å². The van der Waals surface area contributed by atoms with E-state index in [9.17, 15) is 9.18 Å². The van der Waals surface area contributed by atoms with Crippen LogP contribution in [0.2, 0.25) is 0 Å². The fraction of sp³-hybridized carbons (Fsp3) is 0. The lowest BCUT2D eigenvalue weighted by molar-refractivity contribution is 0.0706. The summed E-state index contributed by atoms with van der Waals surface area (Å²) in [5.41, 5.74) is 3.00. The number of anilines is 4. The first-order valence-corrected chi connectivity index (χ1v) is 9.55. The van der Waals surface area contributed by atoms with Crippen LogP contribution in [-0.4, -0.2) is 21.1 Å². The van der Waals surface area contributed by atoms with Crippen molar-refractivity contribution < 1.29 is 19.1 Å². The molecule has 1 heterocycles. The first-order chi connectivity index (χ1) is 15.6. The maximum absolute atomic E-state index is 14.2. The average molecular weight is 431 g/mol. The van der Waals surface area contributed by atoms with Crippen LogP contribution in [0.15, 0.2) is 85.1 Å². The third-order valence-corrected chi connectivity index (χ3v) is 4.34. The van der Waals surface area contributed by atoms with Crippen molar-refractivity contribution in [1.29, 1.82) is 0 Å². The van der Waals surface area contributed by atoms with Crippen LogP contribution in [0.4, 0.5) is 27.5 Å². The number of ether oxygens (including phenoxy) is 1. The molecule has 0 spiro atoms. The molecule has 4 aromatic rings. The van der Waals surface area contributed by atoms with Crippen molar-refractivity contribution in [3.05, 3.63) is 96.4 Å². The molecular weight excluding hydrogens is 413 g/mol. The molecule has 1 aromatic heterocycles. The van der Waals surface area contributed by atoms with Gasteiger partial charge in [-0.05, 0) is 60.7 Å². The highest BCUT2D eigenvalue weighted by atomic mass is 19.1. The number of nitrogens with one attached hydrogen (secondary N) is 3. The van der Waals surface area contributed by atoms with Crippen LogP contribution in [0.1, 0.15) is 10.4 Å². The Morgan fingerprint density at radius 1 is 0.844 bits per heavy atom. The van der Waals surface area contributed by atoms with Crippen LogP contribution in [0, 0.1) is 5.82 Å². The molecule has 32 heavy (non-hydrogen) atoms. The van der Waals surface area contributed by atoms with E-state index in [4.69, 9.17) is 9.94 Å². The second-order valence-corrected chi connectivity index (χ2v) is 6.60. The van der Waals surface area contributed by atoms with E-state index < -0.39 is 11.7 Å². The van der Waals surface area contributed by atoms with Crippen LogP contribution in [0.25, 0.3) is 0 Å². The van der Waals surface area contributed by atoms with E-state index in [1.54, 1.807) is 41.9 Å². The molecule has 1 amide bonds. The molecule has 3 aromatic carbocycles. The molecule has 0 aliphatic rings. The SMILES string of the molecule is O=C(NO)c1ccc(Nc2nc(Nc3ccc(Oc4ccccc4)cc3)ncc2F)cc1. The van der Waals surface area contributed by atoms with E-state index in [0.717, 1.165) is 11.9 Å². The van der Waals surface area contributed by atoms with E-state index in [1.165, 1.54) is 12.1 Å². The highest BCUT2D eigenvalue weighted by molar-refractivity contribution is 5.93. The van der Waals surface area contributed by atoms with Gasteiger partial charge in [0.1, 0.15) is 11.5 Å². The molecule has 0 fully saturated rings. The predicted molar refractivity (Wildman–Crippen MR) is 117 cm³/mol. The number of rotatable bonds is 7. The molecule has 0 atom stereocenters. The molecule has 4 rings (SSSR count). The van der Waals surface area contributed by atoms with Gasteiger partial charge < -0.3 is 15.4 Å². The largest absolute Gasteiger partial charge is 0.457 e. The van der Waals surface area contributed by atoms with Crippen molar-refractivity contribution in [2.75, 3.05) is 10.6 Å². The van der Waals surface area contributed by atoms with Gasteiger partial charge in [-0.3, -0.25) is 10.0 Å². The lowest BCUT2D eigenvalue weighted by Crippen LogP contribution is -2.18. The van der Waals surface area contributed by atoms with Crippen LogP contribution in [-0.2, 0) is 0 Å². The van der Waals surface area contributed by atoms with Gasteiger partial charge in [0.05, 0.1) is 6.20 Å². The second kappa shape index (κ2) is 9.54. The summed E-state index contributed by atoms with van der Waals surface area (Å²) in [5, 5.41) is 14.5. The van der Waals surface area contributed by atoms with Crippen molar-refractivity contribution in [1.82, 2.24) is 15.4 Å². The van der Waals surface area contributed by atoms with Gasteiger partial charge >= 0.3 is 0 Å². The van der Waals surface area contributed by atoms with Gasteiger partial charge in [0.2, 0.25) is 5.95 Å². The Hall–Kier alpha value is -4.50. The highest BCUT2D eigenvalue weighted by Gasteiger charge is 2.09. The Bertz CT molecular complexity index is 1200. The molecule has 0 saturated heterocycles. The number of hydroxylamine groups is 1. The van der Waals surface area contributed by atoms with Crippen LogP contribution >= 0.6 is 0 Å². The van der Waals surface area contributed by atoms with Gasteiger partial charge in [0, 0.05) is 16.9 Å². The fourth-order valence-electron chi connectivity index (χ4n) is 2.78. The topological polar surface area (TPSA) is 108 Å². The first kappa shape index (κ1) is 20.8. The van der Waals surface area contributed by atoms with Gasteiger partial charge in [-0.2, -0.15) is 4.98 Å². The van der Waals surface area contributed by atoms with E-state index in [1.807, 2.05) is 30.3 Å². The minimum atomic E-state index is -0.642. The van der Waals surface area contributed by atoms with Crippen molar-refractivity contribution in [2.45, 2.75) is 0 Å². The second-order valence-electron chi connectivity index (χ2n) is 6.60. The Kier molecular flexibility index (Phi) is 6.19. The zero-order valence-electron chi connectivity index (χ0n) is 16.6. The molecule has 9 heteroatoms. The zero-order valence-corrected chi connectivity index (χ0v) is 16.6. The minimum Gasteiger partial charge on any atom is -0.457 e. The third-order valence-electron chi connectivity index (χ3n) is 4.34. The molecule has 0 aliphatic heterocycles. The number of halogens is 1. The first-order valence-electron chi connectivity index (χ1n) is 9.55. The molecule has 4 N–H and O–H groups in total. The van der Waals surface area contributed by atoms with Crippen molar-refractivity contribution in [2.24, 2.45) is 0 Å². The summed E-state index contributed by atoms with van der Waals surface area (Å²) < 4.78 is 19.9. The Morgan fingerprint density at radius 2 is 1.47 bits per heavy atom. The summed E-state index contributed by atoms with van der Waals surface area (Å²) >= 11 is 0. The maximum Gasteiger partial charge on any atom is 0.274 e. The van der Waals surface area contributed by atoms with E-state index >= 15 is 0 Å². The van der Waals surface area contributed by atoms with Crippen molar-refractivity contribution in [3.8, 4) is 11.5 Å². The number of amides is 1. The fourth-order valence-corrected chi connectivity index (χ4v) is 2.78. The van der Waals surface area contributed by atoms with E-state index in [-0.39, 0.29) is 17.3 Å². The number of nitrogens with zero attached hydrogens (tertiary/aromatic N) is 2. The van der Waals surface area contributed by atoms with Gasteiger partial charge in [-0.15, -0.1) is 0 Å². The summed E-state index contributed by atoms with van der Waals surface area (Å²) in [6.07, 6.45) is 1.05. The van der Waals surface area contributed by atoms with Crippen LogP contribution < -0.4 is 20.9 Å². The standard InChI is InChI=1S/C23H18FN5O3/c24-20-14-25-23(28-21(20)26-16-8-6-15(7-9-16)22(30)29-31)27-17-10-12-19(13-11-17)32-18-4-2-1-3-5-18/h1-14,31H,(H,29,30)(H2,25,26,27,28). The minimum absolute atomic E-state index is 0.0362. The van der Waals surface area contributed by atoms with Gasteiger partial charge in [-0.1, -0.05) is 18.2 Å². The lowest BCUT2D eigenvalue weighted by atomic mass is 10.2. The number of para-hydroxylation sites is 1.